The fourth-order valence-electron chi connectivity index (χ4n) is 5.06. The highest BCUT2D eigenvalue weighted by atomic mass is 32.2. The standard InChI is InChI=1S/C16H24N2O7S.C16H26N2O6S/c1-15(2,14(20)21)11-9-12(25-18-11)17-13(19)16(3,4)26(22,23)10-5-7-24-8-6-10;1-15(2,10-19)12-9-13(24-18-12)17-14(20)16(3,4)25(21,22)11-5-7-23-8-6-11/h9-10H,5-8H2,1-4H3,(H,17,19)(H,20,21);9,11,19H,5-8,10H2,1-4H3,(H,17,20). The molecule has 0 spiro atoms. The number of carbonyl (C=O) groups is 3. The van der Waals surface area contributed by atoms with Crippen LogP contribution in [0.4, 0.5) is 11.8 Å². The molecule has 2 saturated heterocycles. The van der Waals surface area contributed by atoms with E-state index in [0.29, 0.717) is 57.8 Å². The number of aliphatic hydroxyl groups excluding tert-OH is 1. The van der Waals surface area contributed by atoms with Crippen molar-refractivity contribution in [2.45, 2.75) is 112 Å². The van der Waals surface area contributed by atoms with Crippen LogP contribution in [0, 0.1) is 0 Å². The minimum Gasteiger partial charge on any atom is -0.481 e. The van der Waals surface area contributed by atoms with Gasteiger partial charge in [-0.1, -0.05) is 24.2 Å². The Morgan fingerprint density at radius 3 is 1.41 bits per heavy atom. The number of sulfone groups is 2. The Hall–Kier alpha value is -3.39. The molecule has 0 aromatic carbocycles. The normalized spacial score (nSPS) is 17.3. The fourth-order valence-corrected chi connectivity index (χ4v) is 8.97. The third-order valence-electron chi connectivity index (χ3n) is 9.49. The van der Waals surface area contributed by atoms with Gasteiger partial charge in [0.25, 0.3) is 0 Å². The molecule has 0 saturated carbocycles. The molecule has 0 atom stereocenters. The van der Waals surface area contributed by atoms with Crippen LogP contribution in [0.5, 0.6) is 0 Å². The Morgan fingerprint density at radius 2 is 1.06 bits per heavy atom. The lowest BCUT2D eigenvalue weighted by Gasteiger charge is -2.30. The summed E-state index contributed by atoms with van der Waals surface area (Å²) in [5, 5.41) is 29.7. The van der Waals surface area contributed by atoms with Crippen molar-refractivity contribution in [3.05, 3.63) is 23.5 Å². The van der Waals surface area contributed by atoms with Crippen molar-refractivity contribution in [2.75, 3.05) is 43.7 Å². The van der Waals surface area contributed by atoms with Crippen LogP contribution in [0.2, 0.25) is 0 Å². The number of aliphatic hydroxyl groups is 1. The summed E-state index contributed by atoms with van der Waals surface area (Å²) in [5.41, 5.74) is -1.35. The number of rotatable bonds is 12. The number of carbonyl (C=O) groups excluding carboxylic acids is 2. The summed E-state index contributed by atoms with van der Waals surface area (Å²) in [6, 6.07) is 2.77. The zero-order valence-corrected chi connectivity index (χ0v) is 31.9. The molecule has 19 heteroatoms. The molecule has 0 unspecified atom stereocenters. The average molecular weight is 763 g/mol. The average Bonchev–Trinajstić information content (AvgIpc) is 3.76. The Balaban J connectivity index is 0.000000276. The summed E-state index contributed by atoms with van der Waals surface area (Å²) >= 11 is 0. The van der Waals surface area contributed by atoms with E-state index in [-0.39, 0.29) is 24.1 Å². The maximum absolute atomic E-state index is 12.9. The topological polar surface area (TPSA) is 255 Å². The van der Waals surface area contributed by atoms with Crippen molar-refractivity contribution in [1.29, 1.82) is 0 Å². The predicted molar refractivity (Wildman–Crippen MR) is 185 cm³/mol. The zero-order chi connectivity index (χ0) is 38.6. The summed E-state index contributed by atoms with van der Waals surface area (Å²) in [5.74, 6) is -2.60. The van der Waals surface area contributed by atoms with Gasteiger partial charge in [-0.05, 0) is 67.2 Å². The van der Waals surface area contributed by atoms with Gasteiger partial charge in [-0.2, -0.15) is 0 Å². The largest absolute Gasteiger partial charge is 0.481 e. The van der Waals surface area contributed by atoms with Gasteiger partial charge in [-0.25, -0.2) is 16.8 Å². The summed E-state index contributed by atoms with van der Waals surface area (Å²) < 4.78 is 68.5. The number of carboxylic acids is 1. The third-order valence-corrected chi connectivity index (χ3v) is 15.4. The lowest BCUT2D eigenvalue weighted by molar-refractivity contribution is -0.142. The molecule has 2 aliphatic heterocycles. The number of carboxylic acid groups (broad SMARTS) is 1. The molecule has 2 amide bonds. The first-order valence-electron chi connectivity index (χ1n) is 16.5. The van der Waals surface area contributed by atoms with Gasteiger partial charge in [-0.15, -0.1) is 0 Å². The van der Waals surface area contributed by atoms with Crippen LogP contribution in [-0.2, 0) is 54.4 Å². The SMILES string of the molecule is CC(C)(C(=O)O)c1cc(NC(=O)C(C)(C)S(=O)(=O)C2CCOCC2)on1.CC(C)(CO)c1cc(NC(=O)C(C)(C)S(=O)(=O)C2CCOCC2)on1. The maximum atomic E-state index is 12.9. The Morgan fingerprint density at radius 1 is 0.706 bits per heavy atom. The molecule has 4 rings (SSSR count). The van der Waals surface area contributed by atoms with Gasteiger partial charge in [0, 0.05) is 44.0 Å². The molecule has 288 valence electrons. The number of hydrogen-bond donors (Lipinski definition) is 4. The van der Waals surface area contributed by atoms with E-state index in [0.717, 1.165) is 0 Å². The van der Waals surface area contributed by atoms with E-state index < -0.39 is 68.3 Å². The number of aromatic nitrogens is 2. The molecule has 51 heavy (non-hydrogen) atoms. The van der Waals surface area contributed by atoms with Crippen LogP contribution in [0.15, 0.2) is 21.2 Å². The lowest BCUT2D eigenvalue weighted by atomic mass is 9.90. The second kappa shape index (κ2) is 15.7. The van der Waals surface area contributed by atoms with E-state index >= 15 is 0 Å². The van der Waals surface area contributed by atoms with Crippen LogP contribution >= 0.6 is 0 Å². The molecule has 2 aromatic rings. The van der Waals surface area contributed by atoms with Crippen LogP contribution in [0.25, 0.3) is 0 Å². The Bertz CT molecular complexity index is 1760. The number of aliphatic carboxylic acids is 1. The zero-order valence-electron chi connectivity index (χ0n) is 30.3. The minimum absolute atomic E-state index is 0.0526. The van der Waals surface area contributed by atoms with Crippen molar-refractivity contribution in [3.63, 3.8) is 0 Å². The Kier molecular flexibility index (Phi) is 12.9. The Labute approximate surface area is 298 Å². The van der Waals surface area contributed by atoms with Crippen molar-refractivity contribution in [1.82, 2.24) is 10.3 Å². The van der Waals surface area contributed by atoms with E-state index in [9.17, 15) is 41.4 Å². The van der Waals surface area contributed by atoms with Gasteiger partial charge in [0.1, 0.15) is 20.6 Å². The molecule has 0 bridgehead atoms. The van der Waals surface area contributed by atoms with Gasteiger partial charge in [-0.3, -0.25) is 25.0 Å². The summed E-state index contributed by atoms with van der Waals surface area (Å²) in [6.45, 7) is 13.2. The van der Waals surface area contributed by atoms with Crippen LogP contribution < -0.4 is 10.6 Å². The molecule has 0 radical (unpaired) electrons. The first kappa shape index (κ1) is 42.0. The van der Waals surface area contributed by atoms with Crippen molar-refractivity contribution >= 4 is 49.2 Å². The second-order valence-corrected chi connectivity index (χ2v) is 20.3. The van der Waals surface area contributed by atoms with Gasteiger partial charge in [0.05, 0.1) is 22.8 Å². The summed E-state index contributed by atoms with van der Waals surface area (Å²) in [4.78, 5) is 36.4. The van der Waals surface area contributed by atoms with Crippen molar-refractivity contribution in [3.8, 4) is 0 Å². The number of nitrogens with one attached hydrogen (secondary N) is 2. The smallest absolute Gasteiger partial charge is 0.315 e. The molecule has 4 N–H and O–H groups in total. The van der Waals surface area contributed by atoms with E-state index in [4.69, 9.17) is 18.5 Å². The summed E-state index contributed by atoms with van der Waals surface area (Å²) in [6.07, 6.45) is 1.46. The van der Waals surface area contributed by atoms with Crippen molar-refractivity contribution in [2.24, 2.45) is 0 Å². The van der Waals surface area contributed by atoms with Crippen molar-refractivity contribution < 1.29 is 60.0 Å². The number of anilines is 2. The van der Waals surface area contributed by atoms with Gasteiger partial charge in [0.15, 0.2) is 19.7 Å². The molecule has 2 aromatic heterocycles. The highest BCUT2D eigenvalue weighted by Crippen LogP contribution is 2.32. The molecule has 4 heterocycles. The van der Waals surface area contributed by atoms with Crippen LogP contribution in [0.1, 0.15) is 92.5 Å². The number of amides is 2. The van der Waals surface area contributed by atoms with Crippen LogP contribution in [0.3, 0.4) is 0 Å². The number of nitrogens with zero attached hydrogens (tertiary/aromatic N) is 2. The van der Waals surface area contributed by atoms with E-state index in [1.165, 1.54) is 53.7 Å². The first-order chi connectivity index (χ1) is 23.4. The third kappa shape index (κ3) is 8.98. The second-order valence-electron chi connectivity index (χ2n) is 14.8. The van der Waals surface area contributed by atoms with E-state index in [1.54, 1.807) is 13.8 Å². The van der Waals surface area contributed by atoms with Gasteiger partial charge < -0.3 is 28.7 Å². The van der Waals surface area contributed by atoms with E-state index in [1.807, 2.05) is 0 Å². The molecule has 17 nitrogen and oxygen atoms in total. The minimum atomic E-state index is -3.76. The molecular weight excluding hydrogens is 713 g/mol. The lowest BCUT2D eigenvalue weighted by Crippen LogP contribution is -2.50. The van der Waals surface area contributed by atoms with Gasteiger partial charge in [0.2, 0.25) is 23.6 Å². The molecular formula is C32H50N4O13S2. The monoisotopic (exact) mass is 762 g/mol. The highest BCUT2D eigenvalue weighted by Gasteiger charge is 2.48. The molecule has 2 fully saturated rings. The highest BCUT2D eigenvalue weighted by molar-refractivity contribution is 7.94. The maximum Gasteiger partial charge on any atom is 0.315 e. The fraction of sp³-hybridized carbons (Fsp3) is 0.719. The quantitative estimate of drug-likeness (QED) is 0.242. The van der Waals surface area contributed by atoms with E-state index in [2.05, 4.69) is 20.9 Å². The first-order valence-corrected chi connectivity index (χ1v) is 19.6. The molecule has 0 aliphatic carbocycles. The molecule has 2 aliphatic rings. The van der Waals surface area contributed by atoms with Crippen LogP contribution in [-0.4, -0.2) is 108 Å². The predicted octanol–water partition coefficient (Wildman–Crippen LogP) is 2.60. The number of hydrogen-bond acceptors (Lipinski definition) is 14. The summed E-state index contributed by atoms with van der Waals surface area (Å²) in [7, 11) is -7.47. The van der Waals surface area contributed by atoms with Gasteiger partial charge >= 0.3 is 5.97 Å². The number of ether oxygens (including phenoxy) is 2.